The number of aliphatic carboxylic acids is 1. The third-order valence-corrected chi connectivity index (χ3v) is 3.34. The van der Waals surface area contributed by atoms with E-state index in [1.807, 2.05) is 29.2 Å². The summed E-state index contributed by atoms with van der Waals surface area (Å²) in [6.07, 6.45) is 1.09. The van der Waals surface area contributed by atoms with Crippen LogP contribution in [0.15, 0.2) is 24.3 Å². The smallest absolute Gasteiger partial charge is 0.326 e. The average Bonchev–Trinajstić information content (AvgIpc) is 2.64. The van der Waals surface area contributed by atoms with E-state index in [0.717, 1.165) is 11.3 Å². The first-order chi connectivity index (χ1) is 8.38. The van der Waals surface area contributed by atoms with Crippen molar-refractivity contribution in [2.45, 2.75) is 38.3 Å². The zero-order valence-corrected chi connectivity index (χ0v) is 10.8. The van der Waals surface area contributed by atoms with Crippen molar-refractivity contribution in [3.8, 4) is 0 Å². The molecule has 2 rings (SSSR count). The van der Waals surface area contributed by atoms with Crippen molar-refractivity contribution >= 4 is 11.7 Å². The molecule has 0 saturated heterocycles. The van der Waals surface area contributed by atoms with Gasteiger partial charge in [-0.05, 0) is 31.9 Å². The first-order valence-corrected chi connectivity index (χ1v) is 6.18. The molecule has 2 N–H and O–H groups in total. The van der Waals surface area contributed by atoms with Gasteiger partial charge < -0.3 is 15.1 Å². The molecule has 98 valence electrons. The van der Waals surface area contributed by atoms with E-state index in [1.54, 1.807) is 13.8 Å². The highest BCUT2D eigenvalue weighted by atomic mass is 16.4. The lowest BCUT2D eigenvalue weighted by molar-refractivity contribution is -0.138. The second-order valence-corrected chi connectivity index (χ2v) is 5.44. The van der Waals surface area contributed by atoms with Crippen LogP contribution in [0.2, 0.25) is 0 Å². The lowest BCUT2D eigenvalue weighted by atomic mass is 10.1. The van der Waals surface area contributed by atoms with Gasteiger partial charge in [0.05, 0.1) is 5.60 Å². The molecule has 0 fully saturated rings. The van der Waals surface area contributed by atoms with E-state index in [0.29, 0.717) is 19.4 Å². The lowest BCUT2D eigenvalue weighted by Crippen LogP contribution is -2.41. The van der Waals surface area contributed by atoms with Gasteiger partial charge in [-0.3, -0.25) is 0 Å². The Morgan fingerprint density at radius 2 is 2.11 bits per heavy atom. The minimum atomic E-state index is -0.804. The number of rotatable bonds is 4. The molecule has 1 unspecified atom stereocenters. The molecular weight excluding hydrogens is 230 g/mol. The quantitative estimate of drug-likeness (QED) is 0.852. The number of para-hydroxylation sites is 1. The maximum Gasteiger partial charge on any atom is 0.326 e. The summed E-state index contributed by atoms with van der Waals surface area (Å²) in [5, 5.41) is 19.1. The summed E-state index contributed by atoms with van der Waals surface area (Å²) in [4.78, 5) is 13.2. The maximum atomic E-state index is 11.3. The number of nitrogens with zero attached hydrogens (tertiary/aromatic N) is 1. The molecule has 1 aliphatic rings. The molecule has 1 aliphatic heterocycles. The highest BCUT2D eigenvalue weighted by Crippen LogP contribution is 2.32. The molecule has 1 heterocycles. The Bertz CT molecular complexity index is 451. The molecule has 0 aliphatic carbocycles. The number of aliphatic hydroxyl groups is 1. The second-order valence-electron chi connectivity index (χ2n) is 5.44. The number of hydrogen-bond acceptors (Lipinski definition) is 3. The molecule has 18 heavy (non-hydrogen) atoms. The van der Waals surface area contributed by atoms with Crippen LogP contribution in [0.4, 0.5) is 5.69 Å². The van der Waals surface area contributed by atoms with Crippen molar-refractivity contribution in [2.24, 2.45) is 0 Å². The molecule has 1 atom stereocenters. The fraction of sp³-hybridized carbons (Fsp3) is 0.500. The first kappa shape index (κ1) is 12.9. The molecule has 0 radical (unpaired) electrons. The number of hydrogen-bond donors (Lipinski definition) is 2. The van der Waals surface area contributed by atoms with Crippen molar-refractivity contribution in [1.82, 2.24) is 0 Å². The summed E-state index contributed by atoms with van der Waals surface area (Å²) in [7, 11) is 0. The molecular formula is C14H19NO3. The van der Waals surface area contributed by atoms with Crippen LogP contribution in [0, 0.1) is 0 Å². The zero-order valence-electron chi connectivity index (χ0n) is 10.8. The van der Waals surface area contributed by atoms with E-state index in [9.17, 15) is 15.0 Å². The van der Waals surface area contributed by atoms with Gasteiger partial charge >= 0.3 is 5.97 Å². The van der Waals surface area contributed by atoms with Gasteiger partial charge in [0.2, 0.25) is 0 Å². The van der Waals surface area contributed by atoms with Gasteiger partial charge in [0.1, 0.15) is 6.04 Å². The van der Waals surface area contributed by atoms with Crippen molar-refractivity contribution in [1.29, 1.82) is 0 Å². The van der Waals surface area contributed by atoms with E-state index in [1.165, 1.54) is 0 Å². The van der Waals surface area contributed by atoms with Crippen molar-refractivity contribution in [3.05, 3.63) is 29.8 Å². The van der Waals surface area contributed by atoms with Gasteiger partial charge in [-0.1, -0.05) is 18.2 Å². The van der Waals surface area contributed by atoms with Gasteiger partial charge in [-0.2, -0.15) is 0 Å². The third-order valence-electron chi connectivity index (χ3n) is 3.34. The Kier molecular flexibility index (Phi) is 3.30. The van der Waals surface area contributed by atoms with Gasteiger partial charge in [0.25, 0.3) is 0 Å². The van der Waals surface area contributed by atoms with Crippen LogP contribution in [-0.4, -0.2) is 34.4 Å². The molecule has 0 bridgehead atoms. The molecule has 4 nitrogen and oxygen atoms in total. The predicted octanol–water partition coefficient (Wildman–Crippen LogP) is 1.66. The van der Waals surface area contributed by atoms with Crippen molar-refractivity contribution in [3.63, 3.8) is 0 Å². The standard InChI is InChI=1S/C14H19NO3/c1-14(2,18)7-8-15-11-6-4-3-5-10(11)9-12(15)13(16)17/h3-6,12,18H,7-9H2,1-2H3,(H,16,17). The monoisotopic (exact) mass is 249 g/mol. The Morgan fingerprint density at radius 3 is 2.72 bits per heavy atom. The van der Waals surface area contributed by atoms with Crippen LogP contribution in [0.5, 0.6) is 0 Å². The Hall–Kier alpha value is -1.55. The summed E-state index contributed by atoms with van der Waals surface area (Å²) >= 11 is 0. The SMILES string of the molecule is CC(C)(O)CCN1c2ccccc2CC1C(=O)O. The number of carboxylic acids is 1. The molecule has 4 heteroatoms. The van der Waals surface area contributed by atoms with E-state index in [-0.39, 0.29) is 0 Å². The molecule has 1 aromatic rings. The molecule has 0 saturated carbocycles. The van der Waals surface area contributed by atoms with E-state index < -0.39 is 17.6 Å². The minimum Gasteiger partial charge on any atom is -0.480 e. The summed E-state index contributed by atoms with van der Waals surface area (Å²) in [6, 6.07) is 7.25. The Morgan fingerprint density at radius 1 is 1.44 bits per heavy atom. The fourth-order valence-electron chi connectivity index (χ4n) is 2.34. The number of carboxylic acid groups (broad SMARTS) is 1. The molecule has 1 aromatic carbocycles. The minimum absolute atomic E-state index is 0.509. The average molecular weight is 249 g/mol. The van der Waals surface area contributed by atoms with Crippen LogP contribution in [0.3, 0.4) is 0 Å². The van der Waals surface area contributed by atoms with Crippen LogP contribution < -0.4 is 4.90 Å². The fourth-order valence-corrected chi connectivity index (χ4v) is 2.34. The van der Waals surface area contributed by atoms with E-state index in [2.05, 4.69) is 0 Å². The van der Waals surface area contributed by atoms with Crippen LogP contribution in [0.25, 0.3) is 0 Å². The maximum absolute atomic E-state index is 11.3. The van der Waals surface area contributed by atoms with E-state index >= 15 is 0 Å². The highest BCUT2D eigenvalue weighted by molar-refractivity contribution is 5.82. The predicted molar refractivity (Wildman–Crippen MR) is 69.8 cm³/mol. The Labute approximate surface area is 107 Å². The van der Waals surface area contributed by atoms with Gasteiger partial charge in [-0.15, -0.1) is 0 Å². The second kappa shape index (κ2) is 4.61. The topological polar surface area (TPSA) is 60.8 Å². The summed E-state index contributed by atoms with van der Waals surface area (Å²) in [6.45, 7) is 4.03. The zero-order chi connectivity index (χ0) is 13.3. The van der Waals surface area contributed by atoms with Crippen molar-refractivity contribution < 1.29 is 15.0 Å². The van der Waals surface area contributed by atoms with E-state index in [4.69, 9.17) is 0 Å². The number of anilines is 1. The molecule has 0 aromatic heterocycles. The first-order valence-electron chi connectivity index (χ1n) is 6.18. The number of fused-ring (bicyclic) bond motifs is 1. The van der Waals surface area contributed by atoms with Gasteiger partial charge in [-0.25, -0.2) is 4.79 Å². The van der Waals surface area contributed by atoms with Crippen LogP contribution in [0.1, 0.15) is 25.8 Å². The summed E-state index contributed by atoms with van der Waals surface area (Å²) in [5.74, 6) is -0.804. The largest absolute Gasteiger partial charge is 0.480 e. The number of carbonyl (C=O) groups is 1. The van der Waals surface area contributed by atoms with Gasteiger partial charge in [0, 0.05) is 18.7 Å². The lowest BCUT2D eigenvalue weighted by Gasteiger charge is -2.28. The van der Waals surface area contributed by atoms with Crippen LogP contribution in [-0.2, 0) is 11.2 Å². The summed E-state index contributed by atoms with van der Waals surface area (Å²) < 4.78 is 0. The van der Waals surface area contributed by atoms with Crippen molar-refractivity contribution in [2.75, 3.05) is 11.4 Å². The third kappa shape index (κ3) is 2.64. The molecule has 0 amide bonds. The number of benzene rings is 1. The van der Waals surface area contributed by atoms with Gasteiger partial charge in [0.15, 0.2) is 0 Å². The highest BCUT2D eigenvalue weighted by Gasteiger charge is 2.34. The van der Waals surface area contributed by atoms with Crippen LogP contribution >= 0.6 is 0 Å². The normalized spacial score (nSPS) is 18.8. The summed E-state index contributed by atoms with van der Waals surface area (Å²) in [5.41, 5.74) is 1.27. The molecule has 0 spiro atoms. The Balaban J connectivity index is 2.21.